The molecular formula is C13H16N4O. The first-order valence-electron chi connectivity index (χ1n) is 5.34. The summed E-state index contributed by atoms with van der Waals surface area (Å²) in [5.41, 5.74) is 6.52. The summed E-state index contributed by atoms with van der Waals surface area (Å²) in [6.45, 7) is 0. The molecule has 0 aliphatic carbocycles. The van der Waals surface area contributed by atoms with E-state index < -0.39 is 0 Å². The summed E-state index contributed by atoms with van der Waals surface area (Å²) >= 11 is 0. The van der Waals surface area contributed by atoms with Crippen LogP contribution in [0.15, 0.2) is 36.4 Å². The number of nitrogens with two attached hydrogens (primary N) is 1. The van der Waals surface area contributed by atoms with E-state index >= 15 is 0 Å². The summed E-state index contributed by atoms with van der Waals surface area (Å²) in [7, 11) is 3.35. The van der Waals surface area contributed by atoms with E-state index in [9.17, 15) is 4.79 Å². The van der Waals surface area contributed by atoms with E-state index in [2.05, 4.69) is 0 Å². The van der Waals surface area contributed by atoms with Crippen molar-refractivity contribution >= 4 is 17.5 Å². The van der Waals surface area contributed by atoms with E-state index in [0.717, 1.165) is 0 Å². The van der Waals surface area contributed by atoms with Gasteiger partial charge in [0.15, 0.2) is 0 Å². The topological polar surface area (TPSA) is 94.0 Å². The Morgan fingerprint density at radius 2 is 1.83 bits per heavy atom. The quantitative estimate of drug-likeness (QED) is 0.549. The number of rotatable bonds is 4. The lowest BCUT2D eigenvalue weighted by atomic mass is 10.1. The molecule has 94 valence electrons. The van der Waals surface area contributed by atoms with Crippen LogP contribution in [0.2, 0.25) is 0 Å². The summed E-state index contributed by atoms with van der Waals surface area (Å²) in [6.07, 6.45) is 2.77. The normalized spacial score (nSPS) is 10.3. The predicted molar refractivity (Wildman–Crippen MR) is 72.3 cm³/mol. The highest BCUT2D eigenvalue weighted by Gasteiger charge is 2.08. The van der Waals surface area contributed by atoms with Crippen LogP contribution in [-0.4, -0.2) is 36.4 Å². The lowest BCUT2D eigenvalue weighted by Crippen LogP contribution is -2.21. The maximum Gasteiger partial charge on any atom is 0.253 e. The van der Waals surface area contributed by atoms with Crippen LogP contribution >= 0.6 is 0 Å². The minimum Gasteiger partial charge on any atom is -0.384 e. The molecule has 0 fully saturated rings. The van der Waals surface area contributed by atoms with Gasteiger partial charge in [0.25, 0.3) is 5.91 Å². The Bertz CT molecular complexity index is 517. The van der Waals surface area contributed by atoms with Gasteiger partial charge >= 0.3 is 0 Å². The molecule has 5 heteroatoms. The molecule has 0 aliphatic heterocycles. The van der Waals surface area contributed by atoms with E-state index in [1.54, 1.807) is 38.4 Å². The number of amides is 1. The third-order valence-corrected chi connectivity index (χ3v) is 2.26. The van der Waals surface area contributed by atoms with Crippen molar-refractivity contribution in [1.82, 2.24) is 4.90 Å². The van der Waals surface area contributed by atoms with Crippen molar-refractivity contribution in [3.8, 4) is 0 Å². The van der Waals surface area contributed by atoms with Gasteiger partial charge in [0.2, 0.25) is 0 Å². The summed E-state index contributed by atoms with van der Waals surface area (Å²) in [5.74, 6) is -0.222. The number of hydrogen-bond acceptors (Lipinski definition) is 3. The number of carbonyl (C=O) groups excluding carboxylic acids is 1. The maximum absolute atomic E-state index is 11.8. The highest BCUT2D eigenvalue weighted by molar-refractivity contribution is 6.10. The van der Waals surface area contributed by atoms with Crippen molar-refractivity contribution in [3.63, 3.8) is 0 Å². The average Bonchev–Trinajstić information content (AvgIpc) is 2.34. The van der Waals surface area contributed by atoms with Gasteiger partial charge in [0.1, 0.15) is 5.84 Å². The zero-order chi connectivity index (χ0) is 13.7. The fourth-order valence-electron chi connectivity index (χ4n) is 1.35. The van der Waals surface area contributed by atoms with Gasteiger partial charge in [-0.1, -0.05) is 12.1 Å². The molecule has 1 rings (SSSR count). The molecule has 1 aromatic carbocycles. The van der Waals surface area contributed by atoms with Crippen LogP contribution in [0, 0.1) is 10.8 Å². The summed E-state index contributed by atoms with van der Waals surface area (Å²) in [5, 5.41) is 14.9. The molecule has 1 amide bonds. The molecule has 0 radical (unpaired) electrons. The molecule has 0 aromatic heterocycles. The van der Waals surface area contributed by atoms with Gasteiger partial charge < -0.3 is 16.0 Å². The largest absolute Gasteiger partial charge is 0.384 e. The monoisotopic (exact) mass is 244 g/mol. The Kier molecular flexibility index (Phi) is 4.37. The molecular weight excluding hydrogens is 228 g/mol. The first kappa shape index (κ1) is 13.6. The van der Waals surface area contributed by atoms with E-state index in [4.69, 9.17) is 16.6 Å². The molecule has 0 heterocycles. The predicted octanol–water partition coefficient (Wildman–Crippen LogP) is 1.25. The zero-order valence-corrected chi connectivity index (χ0v) is 10.4. The van der Waals surface area contributed by atoms with Crippen molar-refractivity contribution in [2.24, 2.45) is 5.73 Å². The van der Waals surface area contributed by atoms with E-state index in [-0.39, 0.29) is 17.5 Å². The summed E-state index contributed by atoms with van der Waals surface area (Å²) in [4.78, 5) is 13.2. The number of nitrogens with zero attached hydrogens (tertiary/aromatic N) is 1. The SMILES string of the molecule is CN(C)C(=O)c1cccc(C(=N)/C=C\C(=N)N)c1. The van der Waals surface area contributed by atoms with Crippen LogP contribution in [0.4, 0.5) is 0 Å². The smallest absolute Gasteiger partial charge is 0.253 e. The van der Waals surface area contributed by atoms with E-state index in [1.807, 2.05) is 0 Å². The zero-order valence-electron chi connectivity index (χ0n) is 10.4. The summed E-state index contributed by atoms with van der Waals surface area (Å²) in [6, 6.07) is 6.81. The van der Waals surface area contributed by atoms with Gasteiger partial charge in [-0.25, -0.2) is 0 Å². The van der Waals surface area contributed by atoms with Crippen LogP contribution in [0.1, 0.15) is 15.9 Å². The molecule has 5 nitrogen and oxygen atoms in total. The molecule has 4 N–H and O–H groups in total. The fourth-order valence-corrected chi connectivity index (χ4v) is 1.35. The number of hydrogen-bond donors (Lipinski definition) is 3. The number of carbonyl (C=O) groups is 1. The minimum absolute atomic E-state index is 0.111. The first-order chi connectivity index (χ1) is 8.41. The molecule has 0 saturated heterocycles. The number of benzene rings is 1. The molecule has 0 saturated carbocycles. The standard InChI is InChI=1S/C13H16N4O/c1-17(2)13(18)10-5-3-4-9(8-10)11(14)6-7-12(15)16/h3-8,14H,1-2H3,(H3,15,16)/b7-6-,14-11?. The van der Waals surface area contributed by atoms with Crippen molar-refractivity contribution in [2.75, 3.05) is 14.1 Å². The van der Waals surface area contributed by atoms with Gasteiger partial charge in [-0.2, -0.15) is 0 Å². The van der Waals surface area contributed by atoms with E-state index in [1.165, 1.54) is 17.1 Å². The Hall–Kier alpha value is -2.43. The second kappa shape index (κ2) is 5.77. The number of allylic oxidation sites excluding steroid dienone is 1. The first-order valence-corrected chi connectivity index (χ1v) is 5.34. The Morgan fingerprint density at radius 3 is 2.39 bits per heavy atom. The second-order valence-corrected chi connectivity index (χ2v) is 3.98. The van der Waals surface area contributed by atoms with Crippen LogP contribution in [0.25, 0.3) is 0 Å². The van der Waals surface area contributed by atoms with Gasteiger partial charge in [0, 0.05) is 25.2 Å². The third kappa shape index (κ3) is 3.55. The Morgan fingerprint density at radius 1 is 1.22 bits per heavy atom. The third-order valence-electron chi connectivity index (χ3n) is 2.26. The molecule has 0 spiro atoms. The van der Waals surface area contributed by atoms with Gasteiger partial charge in [0.05, 0.1) is 5.71 Å². The van der Waals surface area contributed by atoms with Crippen molar-refractivity contribution in [1.29, 1.82) is 10.8 Å². The minimum atomic E-state index is -0.111. The fraction of sp³-hybridized carbons (Fsp3) is 0.154. The molecule has 0 aliphatic rings. The van der Waals surface area contributed by atoms with Gasteiger partial charge in [-0.05, 0) is 24.3 Å². The highest BCUT2D eigenvalue weighted by Crippen LogP contribution is 2.08. The van der Waals surface area contributed by atoms with E-state index in [0.29, 0.717) is 11.1 Å². The second-order valence-electron chi connectivity index (χ2n) is 3.98. The van der Waals surface area contributed by atoms with Crippen LogP contribution in [0.3, 0.4) is 0 Å². The van der Waals surface area contributed by atoms with Crippen molar-refractivity contribution < 1.29 is 4.79 Å². The lowest BCUT2D eigenvalue weighted by Gasteiger charge is -2.10. The molecule has 0 bridgehead atoms. The van der Waals surface area contributed by atoms with Gasteiger partial charge in [-0.3, -0.25) is 10.2 Å². The molecule has 1 aromatic rings. The van der Waals surface area contributed by atoms with Crippen molar-refractivity contribution in [2.45, 2.75) is 0 Å². The molecule has 18 heavy (non-hydrogen) atoms. The maximum atomic E-state index is 11.8. The van der Waals surface area contributed by atoms with Crippen LogP contribution < -0.4 is 5.73 Å². The number of amidine groups is 1. The summed E-state index contributed by atoms with van der Waals surface area (Å²) < 4.78 is 0. The Labute approximate surface area is 106 Å². The lowest BCUT2D eigenvalue weighted by molar-refractivity contribution is 0.0827. The van der Waals surface area contributed by atoms with Gasteiger partial charge in [-0.15, -0.1) is 0 Å². The molecule has 0 unspecified atom stereocenters. The van der Waals surface area contributed by atoms with Crippen molar-refractivity contribution in [3.05, 3.63) is 47.5 Å². The van der Waals surface area contributed by atoms with Crippen LogP contribution in [-0.2, 0) is 0 Å². The van der Waals surface area contributed by atoms with Crippen LogP contribution in [0.5, 0.6) is 0 Å². The molecule has 0 atom stereocenters. The average molecular weight is 244 g/mol. The Balaban J connectivity index is 2.99. The number of nitrogens with one attached hydrogen (secondary N) is 2. The highest BCUT2D eigenvalue weighted by atomic mass is 16.2.